The average molecular weight is 296 g/mol. The van der Waals surface area contributed by atoms with Crippen LogP contribution in [0.3, 0.4) is 0 Å². The summed E-state index contributed by atoms with van der Waals surface area (Å²) >= 11 is 11.0. The molecule has 2 N–H and O–H groups in total. The van der Waals surface area contributed by atoms with Crippen LogP contribution in [0.5, 0.6) is 0 Å². The first-order chi connectivity index (χ1) is 6.65. The summed E-state index contributed by atoms with van der Waals surface area (Å²) in [5.41, 5.74) is 5.84. The zero-order chi connectivity index (χ0) is 10.1. The summed E-state index contributed by atoms with van der Waals surface area (Å²) in [6, 6.07) is 2.45. The van der Waals surface area contributed by atoms with Crippen molar-refractivity contribution in [3.63, 3.8) is 0 Å². The molecule has 2 rings (SSSR count). The summed E-state index contributed by atoms with van der Waals surface area (Å²) in [6.07, 6.45) is 1.11. The van der Waals surface area contributed by atoms with Crippen LogP contribution in [-0.4, -0.2) is 24.0 Å². The third-order valence-electron chi connectivity index (χ3n) is 2.38. The highest BCUT2D eigenvalue weighted by Crippen LogP contribution is 2.32. The van der Waals surface area contributed by atoms with Gasteiger partial charge in [0, 0.05) is 35.0 Å². The van der Waals surface area contributed by atoms with Gasteiger partial charge in [0.1, 0.15) is 4.34 Å². The van der Waals surface area contributed by atoms with Gasteiger partial charge in [0.25, 0.3) is 0 Å². The highest BCUT2D eigenvalue weighted by atomic mass is 79.9. The van der Waals surface area contributed by atoms with Crippen molar-refractivity contribution in [2.45, 2.75) is 19.0 Å². The number of likely N-dealkylation sites (tertiary alicyclic amines) is 1. The fraction of sp³-hybridized carbons (Fsp3) is 0.556. The van der Waals surface area contributed by atoms with Crippen LogP contribution in [0.2, 0.25) is 4.34 Å². The number of nitrogens with zero attached hydrogens (tertiary/aromatic N) is 1. The predicted octanol–water partition coefficient (Wildman–Crippen LogP) is 2.70. The van der Waals surface area contributed by atoms with Gasteiger partial charge in [0.05, 0.1) is 0 Å². The first-order valence-corrected chi connectivity index (χ1v) is 6.55. The quantitative estimate of drug-likeness (QED) is 0.909. The molecule has 0 bridgehead atoms. The zero-order valence-corrected chi connectivity index (χ0v) is 10.8. The molecule has 0 amide bonds. The second kappa shape index (κ2) is 4.49. The van der Waals surface area contributed by atoms with E-state index in [0.29, 0.717) is 6.04 Å². The standard InChI is InChI=1S/C9H12BrClN2S/c10-8-3-7(14-9(8)11)5-13-2-1-6(12)4-13/h3,6H,1-2,4-5,12H2/t6-/m1/s1. The molecule has 1 aliphatic rings. The summed E-state index contributed by atoms with van der Waals surface area (Å²) < 4.78 is 1.84. The van der Waals surface area contributed by atoms with Crippen molar-refractivity contribution in [1.82, 2.24) is 4.90 Å². The van der Waals surface area contributed by atoms with Gasteiger partial charge in [0.2, 0.25) is 0 Å². The molecule has 2 nitrogen and oxygen atoms in total. The van der Waals surface area contributed by atoms with Gasteiger partial charge in [-0.3, -0.25) is 4.90 Å². The summed E-state index contributed by atoms with van der Waals surface area (Å²) in [4.78, 5) is 3.68. The van der Waals surface area contributed by atoms with Crippen LogP contribution in [0.25, 0.3) is 0 Å². The Kier molecular flexibility index (Phi) is 3.50. The van der Waals surface area contributed by atoms with Crippen LogP contribution < -0.4 is 5.73 Å². The van der Waals surface area contributed by atoms with Gasteiger partial charge >= 0.3 is 0 Å². The number of halogens is 2. The fourth-order valence-corrected chi connectivity index (χ4v) is 3.53. The SMILES string of the molecule is N[C@@H]1CCN(Cc2cc(Br)c(Cl)s2)C1. The van der Waals surface area contributed by atoms with Crippen molar-refractivity contribution in [2.24, 2.45) is 5.73 Å². The van der Waals surface area contributed by atoms with Crippen LogP contribution in [0.15, 0.2) is 10.5 Å². The van der Waals surface area contributed by atoms with Crippen molar-refractivity contribution in [2.75, 3.05) is 13.1 Å². The fourth-order valence-electron chi connectivity index (χ4n) is 1.70. The number of nitrogens with two attached hydrogens (primary N) is 1. The van der Waals surface area contributed by atoms with E-state index in [1.165, 1.54) is 4.88 Å². The van der Waals surface area contributed by atoms with Gasteiger partial charge in [-0.25, -0.2) is 0 Å². The lowest BCUT2D eigenvalue weighted by atomic mass is 10.3. The van der Waals surface area contributed by atoms with E-state index in [2.05, 4.69) is 26.9 Å². The van der Waals surface area contributed by atoms with Crippen molar-refractivity contribution < 1.29 is 0 Å². The van der Waals surface area contributed by atoms with Crippen LogP contribution in [-0.2, 0) is 6.54 Å². The lowest BCUT2D eigenvalue weighted by Gasteiger charge is -2.12. The molecule has 5 heteroatoms. The van der Waals surface area contributed by atoms with Gasteiger partial charge in [-0.1, -0.05) is 11.6 Å². The smallest absolute Gasteiger partial charge is 0.107 e. The Bertz CT molecular complexity index is 309. The van der Waals surface area contributed by atoms with Gasteiger partial charge in [-0.05, 0) is 28.4 Å². The van der Waals surface area contributed by atoms with E-state index in [1.54, 1.807) is 11.3 Å². The maximum Gasteiger partial charge on any atom is 0.107 e. The predicted molar refractivity (Wildman–Crippen MR) is 64.9 cm³/mol. The summed E-state index contributed by atoms with van der Waals surface area (Å²) in [5, 5.41) is 0. The normalized spacial score (nSPS) is 23.2. The topological polar surface area (TPSA) is 29.3 Å². The van der Waals surface area contributed by atoms with Gasteiger partial charge < -0.3 is 5.73 Å². The molecule has 1 atom stereocenters. The third-order valence-corrected chi connectivity index (χ3v) is 4.84. The highest BCUT2D eigenvalue weighted by Gasteiger charge is 2.19. The third kappa shape index (κ3) is 2.49. The monoisotopic (exact) mass is 294 g/mol. The molecular weight excluding hydrogens is 284 g/mol. The second-order valence-corrected chi connectivity index (χ2v) is 6.21. The molecule has 0 saturated carbocycles. The average Bonchev–Trinajstić information content (AvgIpc) is 2.62. The largest absolute Gasteiger partial charge is 0.326 e. The lowest BCUT2D eigenvalue weighted by molar-refractivity contribution is 0.330. The molecule has 1 fully saturated rings. The molecule has 1 aromatic heterocycles. The van der Waals surface area contributed by atoms with E-state index >= 15 is 0 Å². The number of hydrogen-bond acceptors (Lipinski definition) is 3. The molecule has 14 heavy (non-hydrogen) atoms. The van der Waals surface area contributed by atoms with Gasteiger partial charge in [-0.2, -0.15) is 0 Å². The van der Waals surface area contributed by atoms with E-state index in [1.807, 2.05) is 0 Å². The molecule has 1 aliphatic heterocycles. The van der Waals surface area contributed by atoms with Crippen molar-refractivity contribution >= 4 is 38.9 Å². The minimum atomic E-state index is 0.355. The molecule has 0 spiro atoms. The van der Waals surface area contributed by atoms with Gasteiger partial charge in [-0.15, -0.1) is 11.3 Å². The van der Waals surface area contributed by atoms with Gasteiger partial charge in [0.15, 0.2) is 0 Å². The van der Waals surface area contributed by atoms with E-state index < -0.39 is 0 Å². The summed E-state index contributed by atoms with van der Waals surface area (Å²) in [5.74, 6) is 0. The summed E-state index contributed by atoms with van der Waals surface area (Å²) in [6.45, 7) is 3.09. The Morgan fingerprint density at radius 3 is 3.00 bits per heavy atom. The molecular formula is C9H12BrClN2S. The van der Waals surface area contributed by atoms with Crippen molar-refractivity contribution in [3.8, 4) is 0 Å². The molecule has 1 aromatic rings. The van der Waals surface area contributed by atoms with Crippen molar-refractivity contribution in [1.29, 1.82) is 0 Å². The van der Waals surface area contributed by atoms with E-state index in [0.717, 1.165) is 34.9 Å². The minimum absolute atomic E-state index is 0.355. The molecule has 0 unspecified atom stereocenters. The molecule has 1 saturated heterocycles. The van der Waals surface area contributed by atoms with Crippen LogP contribution in [0.1, 0.15) is 11.3 Å². The summed E-state index contributed by atoms with van der Waals surface area (Å²) in [7, 11) is 0. The number of thiophene rings is 1. The van der Waals surface area contributed by atoms with E-state index in [4.69, 9.17) is 17.3 Å². The first kappa shape index (κ1) is 10.9. The van der Waals surface area contributed by atoms with Crippen LogP contribution >= 0.6 is 38.9 Å². The first-order valence-electron chi connectivity index (χ1n) is 4.57. The van der Waals surface area contributed by atoms with E-state index in [-0.39, 0.29) is 0 Å². The Balaban J connectivity index is 1.97. The minimum Gasteiger partial charge on any atom is -0.326 e. The highest BCUT2D eigenvalue weighted by molar-refractivity contribution is 9.10. The van der Waals surface area contributed by atoms with E-state index in [9.17, 15) is 0 Å². The lowest BCUT2D eigenvalue weighted by Crippen LogP contribution is -2.25. The van der Waals surface area contributed by atoms with Crippen LogP contribution in [0.4, 0.5) is 0 Å². The molecule has 2 heterocycles. The molecule has 0 aliphatic carbocycles. The Hall–Kier alpha value is 0.390. The maximum atomic E-state index is 5.97. The zero-order valence-electron chi connectivity index (χ0n) is 7.67. The number of rotatable bonds is 2. The molecule has 78 valence electrons. The van der Waals surface area contributed by atoms with Crippen LogP contribution in [0, 0.1) is 0 Å². The molecule has 0 radical (unpaired) electrons. The number of hydrogen-bond donors (Lipinski definition) is 1. The Labute approximate surface area is 101 Å². The second-order valence-electron chi connectivity index (χ2n) is 3.62. The molecule has 0 aromatic carbocycles. The van der Waals surface area contributed by atoms with Crippen molar-refractivity contribution in [3.05, 3.63) is 19.8 Å². The maximum absolute atomic E-state index is 5.97. The Morgan fingerprint density at radius 1 is 1.71 bits per heavy atom. The Morgan fingerprint density at radius 2 is 2.50 bits per heavy atom.